The van der Waals surface area contributed by atoms with E-state index in [2.05, 4.69) is 20.8 Å². The molecule has 4 rings (SSSR count). The summed E-state index contributed by atoms with van der Waals surface area (Å²) in [5, 5.41) is 10.2. The van der Waals surface area contributed by atoms with Crippen molar-refractivity contribution in [3.63, 3.8) is 0 Å². The van der Waals surface area contributed by atoms with E-state index >= 15 is 0 Å². The number of fused-ring (bicyclic) bond motifs is 5. The molecular weight excluding hydrogens is 332 g/mol. The summed E-state index contributed by atoms with van der Waals surface area (Å²) in [6, 6.07) is 0. The van der Waals surface area contributed by atoms with E-state index in [4.69, 9.17) is 0 Å². The van der Waals surface area contributed by atoms with Crippen LogP contribution < -0.4 is 0 Å². The van der Waals surface area contributed by atoms with Crippen molar-refractivity contribution in [2.24, 2.45) is 40.4 Å². The maximum absolute atomic E-state index is 12.1. The maximum atomic E-state index is 12.1. The molecule has 0 aromatic rings. The molecule has 0 bridgehead atoms. The van der Waals surface area contributed by atoms with E-state index < -0.39 is 0 Å². The number of aliphatic hydroxyl groups excluding tert-OH is 1. The minimum absolute atomic E-state index is 0.0370. The van der Waals surface area contributed by atoms with E-state index in [9.17, 15) is 9.90 Å². The predicted molar refractivity (Wildman–Crippen MR) is 110 cm³/mol. The molecule has 154 valence electrons. The summed E-state index contributed by atoms with van der Waals surface area (Å²) in [6.45, 7) is 7.29. The first kappa shape index (κ1) is 19.9. The molecule has 1 N–H and O–H groups in total. The third kappa shape index (κ3) is 3.32. The molecule has 0 spiro atoms. The molecule has 0 aromatic carbocycles. The Balaban J connectivity index is 1.46. The highest BCUT2D eigenvalue weighted by Crippen LogP contribution is 2.67. The van der Waals surface area contributed by atoms with Gasteiger partial charge >= 0.3 is 0 Å². The number of hydrogen-bond acceptors (Lipinski definition) is 2. The number of carbonyl (C=O) groups excluding carboxylic acids is 1. The zero-order chi connectivity index (χ0) is 19.2. The van der Waals surface area contributed by atoms with Crippen LogP contribution in [0.1, 0.15) is 104 Å². The van der Waals surface area contributed by atoms with Crippen molar-refractivity contribution in [2.75, 3.05) is 0 Å². The summed E-state index contributed by atoms with van der Waals surface area (Å²) < 4.78 is 0. The standard InChI is InChI=1S/C25H42O2/c1-4-5-19(26)9-6-17-8-11-22-21-10-7-18-16-20(27)12-14-25(18,3)23(21)13-15-24(17,22)2/h17-18,20-23,27H,4-16H2,1-3H3. The first-order valence-corrected chi connectivity index (χ1v) is 12.1. The summed E-state index contributed by atoms with van der Waals surface area (Å²) in [4.78, 5) is 12.1. The lowest BCUT2D eigenvalue weighted by atomic mass is 9.44. The Bertz CT molecular complexity index is 557. The molecule has 0 heterocycles. The molecule has 2 heteroatoms. The average molecular weight is 375 g/mol. The zero-order valence-electron chi connectivity index (χ0n) is 18.0. The number of carbonyl (C=O) groups is 1. The van der Waals surface area contributed by atoms with Crippen LogP contribution >= 0.6 is 0 Å². The van der Waals surface area contributed by atoms with Gasteiger partial charge in [-0.25, -0.2) is 0 Å². The highest BCUT2D eigenvalue weighted by molar-refractivity contribution is 5.78. The Morgan fingerprint density at radius 3 is 2.44 bits per heavy atom. The van der Waals surface area contributed by atoms with Crippen LogP contribution in [-0.2, 0) is 4.79 Å². The van der Waals surface area contributed by atoms with Crippen molar-refractivity contribution in [1.29, 1.82) is 0 Å². The fraction of sp³-hybridized carbons (Fsp3) is 0.960. The largest absolute Gasteiger partial charge is 0.393 e. The van der Waals surface area contributed by atoms with E-state index in [0.717, 1.165) is 68.1 Å². The predicted octanol–water partition coefficient (Wildman–Crippen LogP) is 6.16. The molecule has 8 atom stereocenters. The van der Waals surface area contributed by atoms with Crippen molar-refractivity contribution in [2.45, 2.75) is 110 Å². The van der Waals surface area contributed by atoms with Gasteiger partial charge in [-0.2, -0.15) is 0 Å². The highest BCUT2D eigenvalue weighted by Gasteiger charge is 2.59. The van der Waals surface area contributed by atoms with Crippen LogP contribution in [0.2, 0.25) is 0 Å². The highest BCUT2D eigenvalue weighted by atomic mass is 16.3. The SMILES string of the molecule is CCCC(=O)CCC1CCC2C3CCC4CC(O)CCC4(C)C3CCC12C. The van der Waals surface area contributed by atoms with Gasteiger partial charge in [0.05, 0.1) is 6.10 Å². The fourth-order valence-electron chi connectivity index (χ4n) is 8.56. The topological polar surface area (TPSA) is 37.3 Å². The van der Waals surface area contributed by atoms with Gasteiger partial charge < -0.3 is 5.11 Å². The Kier molecular flexibility index (Phi) is 5.51. The quantitative estimate of drug-likeness (QED) is 0.626. The fourth-order valence-corrected chi connectivity index (χ4v) is 8.56. The number of Topliss-reactive ketones (excluding diaryl/α,β-unsaturated/α-hetero) is 1. The second-order valence-electron chi connectivity index (χ2n) is 11.2. The number of aliphatic hydroxyl groups is 1. The smallest absolute Gasteiger partial charge is 0.132 e. The van der Waals surface area contributed by atoms with E-state index in [1.807, 2.05) is 0 Å². The molecule has 0 aromatic heterocycles. The average Bonchev–Trinajstić information content (AvgIpc) is 2.97. The first-order valence-electron chi connectivity index (χ1n) is 12.1. The molecular formula is C25H42O2. The van der Waals surface area contributed by atoms with E-state index in [0.29, 0.717) is 16.6 Å². The van der Waals surface area contributed by atoms with Crippen LogP contribution in [-0.4, -0.2) is 17.0 Å². The maximum Gasteiger partial charge on any atom is 0.132 e. The van der Waals surface area contributed by atoms with Gasteiger partial charge in [-0.15, -0.1) is 0 Å². The normalized spacial score (nSPS) is 49.2. The second-order valence-corrected chi connectivity index (χ2v) is 11.2. The monoisotopic (exact) mass is 374 g/mol. The Labute approximate surface area is 166 Å². The van der Waals surface area contributed by atoms with E-state index in [1.165, 1.54) is 44.9 Å². The molecule has 27 heavy (non-hydrogen) atoms. The lowest BCUT2D eigenvalue weighted by Gasteiger charge is -2.61. The van der Waals surface area contributed by atoms with Crippen LogP contribution in [0.25, 0.3) is 0 Å². The van der Waals surface area contributed by atoms with Gasteiger partial charge in [0.1, 0.15) is 5.78 Å². The van der Waals surface area contributed by atoms with E-state index in [-0.39, 0.29) is 6.10 Å². The Morgan fingerprint density at radius 1 is 0.926 bits per heavy atom. The molecule has 8 unspecified atom stereocenters. The van der Waals surface area contributed by atoms with Crippen LogP contribution in [0.5, 0.6) is 0 Å². The minimum Gasteiger partial charge on any atom is -0.393 e. The molecule has 4 fully saturated rings. The number of ketones is 1. The molecule has 0 saturated heterocycles. The second kappa shape index (κ2) is 7.47. The Morgan fingerprint density at radius 2 is 1.67 bits per heavy atom. The van der Waals surface area contributed by atoms with Crippen LogP contribution in [0.4, 0.5) is 0 Å². The van der Waals surface area contributed by atoms with Gasteiger partial charge in [0.15, 0.2) is 0 Å². The van der Waals surface area contributed by atoms with Gasteiger partial charge in [-0.1, -0.05) is 20.8 Å². The lowest BCUT2D eigenvalue weighted by molar-refractivity contribution is -0.128. The summed E-state index contributed by atoms with van der Waals surface area (Å²) >= 11 is 0. The van der Waals surface area contributed by atoms with Gasteiger partial charge in [-0.3, -0.25) is 4.79 Å². The summed E-state index contributed by atoms with van der Waals surface area (Å²) in [7, 11) is 0. The van der Waals surface area contributed by atoms with Gasteiger partial charge in [-0.05, 0) is 111 Å². The van der Waals surface area contributed by atoms with E-state index in [1.54, 1.807) is 0 Å². The third-order valence-corrected chi connectivity index (χ3v) is 10.1. The zero-order valence-corrected chi connectivity index (χ0v) is 18.0. The van der Waals surface area contributed by atoms with Crippen molar-refractivity contribution in [1.82, 2.24) is 0 Å². The summed E-state index contributed by atoms with van der Waals surface area (Å²) in [6.07, 6.45) is 15.4. The molecule has 4 saturated carbocycles. The van der Waals surface area contributed by atoms with Crippen molar-refractivity contribution >= 4 is 5.78 Å². The minimum atomic E-state index is -0.0370. The number of hydrogen-bond donors (Lipinski definition) is 1. The summed E-state index contributed by atoms with van der Waals surface area (Å²) in [5.41, 5.74) is 0.976. The first-order chi connectivity index (χ1) is 12.9. The van der Waals surface area contributed by atoms with Gasteiger partial charge in [0.25, 0.3) is 0 Å². The van der Waals surface area contributed by atoms with Crippen LogP contribution in [0, 0.1) is 40.4 Å². The van der Waals surface area contributed by atoms with Crippen LogP contribution in [0.15, 0.2) is 0 Å². The van der Waals surface area contributed by atoms with Crippen molar-refractivity contribution < 1.29 is 9.90 Å². The van der Waals surface area contributed by atoms with Crippen molar-refractivity contribution in [3.05, 3.63) is 0 Å². The molecule has 4 aliphatic rings. The van der Waals surface area contributed by atoms with Gasteiger partial charge in [0, 0.05) is 12.8 Å². The van der Waals surface area contributed by atoms with Crippen LogP contribution in [0.3, 0.4) is 0 Å². The van der Waals surface area contributed by atoms with Crippen molar-refractivity contribution in [3.8, 4) is 0 Å². The molecule has 0 radical (unpaired) electrons. The Hall–Kier alpha value is -0.370. The lowest BCUT2D eigenvalue weighted by Crippen LogP contribution is -2.53. The number of rotatable bonds is 5. The van der Waals surface area contributed by atoms with Gasteiger partial charge in [0.2, 0.25) is 0 Å². The molecule has 0 amide bonds. The molecule has 2 nitrogen and oxygen atoms in total. The molecule has 0 aliphatic heterocycles. The third-order valence-electron chi connectivity index (χ3n) is 10.1. The molecule has 4 aliphatic carbocycles. The summed E-state index contributed by atoms with van der Waals surface area (Å²) in [5.74, 6) is 4.73.